The molecule has 55 heavy (non-hydrogen) atoms. The lowest BCUT2D eigenvalue weighted by Crippen LogP contribution is -2.11. The fourth-order valence-electron chi connectivity index (χ4n) is 8.30. The number of para-hydroxylation sites is 2. The Morgan fingerprint density at radius 3 is 1.65 bits per heavy atom. The number of furan rings is 2. The molecule has 0 atom stereocenters. The molecule has 9 aromatic carbocycles. The number of hydrogen-bond donors (Lipinski definition) is 0. The molecule has 0 aliphatic rings. The smallest absolute Gasteiger partial charge is 0.159 e. The number of rotatable bonds is 6. The Bertz CT molecular complexity index is 3190. The molecular weight excluding hydrogens is 671 g/mol. The Morgan fingerprint density at radius 2 is 0.855 bits per heavy atom. The van der Waals surface area contributed by atoms with Gasteiger partial charge in [0.15, 0.2) is 5.58 Å². The van der Waals surface area contributed by atoms with Crippen molar-refractivity contribution in [2.24, 2.45) is 0 Å². The van der Waals surface area contributed by atoms with E-state index in [0.717, 1.165) is 94.0 Å². The second-order valence-electron chi connectivity index (χ2n) is 14.0. The summed E-state index contributed by atoms with van der Waals surface area (Å²) in [6.07, 6.45) is 0. The fraction of sp³-hybridized carbons (Fsp3) is 0. The summed E-state index contributed by atoms with van der Waals surface area (Å²) < 4.78 is 13.6. The molecule has 0 radical (unpaired) electrons. The van der Waals surface area contributed by atoms with Gasteiger partial charge in [0.2, 0.25) is 0 Å². The van der Waals surface area contributed by atoms with Crippen LogP contribution in [0.1, 0.15) is 0 Å². The van der Waals surface area contributed by atoms with Crippen LogP contribution in [0.3, 0.4) is 0 Å². The molecule has 0 spiro atoms. The molecule has 0 unspecified atom stereocenters. The summed E-state index contributed by atoms with van der Waals surface area (Å²) in [7, 11) is 0. The standard InChI is InChI=1S/C52H33NO2/c1-3-14-34(15-4-1)36-28-30-37(31-29-36)40-23-13-27-49-50(40)45-33-47(41-20-7-8-22-43(41)51(45)55-49)53(39-19-11-18-38(32-39)35-16-5-2-6-17-35)46-25-12-24-44-42-21-9-10-26-48(42)54-52(44)46/h1-33H. The van der Waals surface area contributed by atoms with E-state index in [4.69, 9.17) is 8.83 Å². The summed E-state index contributed by atoms with van der Waals surface area (Å²) in [5.41, 5.74) is 13.5. The zero-order valence-corrected chi connectivity index (χ0v) is 29.8. The normalized spacial score (nSPS) is 11.6. The summed E-state index contributed by atoms with van der Waals surface area (Å²) in [4.78, 5) is 2.37. The first-order valence-electron chi connectivity index (χ1n) is 18.7. The molecular formula is C52H33NO2. The SMILES string of the molecule is c1ccc(-c2ccc(-c3cccc4oc5c6ccccc6c(N(c6cccc(-c7ccccc7)c6)c6cccc7c6oc6ccccc67)cc5c34)cc2)cc1. The fourth-order valence-corrected chi connectivity index (χ4v) is 8.30. The third kappa shape index (κ3) is 5.13. The summed E-state index contributed by atoms with van der Waals surface area (Å²) in [6, 6.07) is 70.8. The van der Waals surface area contributed by atoms with Gasteiger partial charge in [0.25, 0.3) is 0 Å². The van der Waals surface area contributed by atoms with Crippen molar-refractivity contribution < 1.29 is 8.83 Å². The lowest BCUT2D eigenvalue weighted by molar-refractivity contribution is 0.669. The van der Waals surface area contributed by atoms with Crippen molar-refractivity contribution >= 4 is 71.7 Å². The lowest BCUT2D eigenvalue weighted by atomic mass is 9.95. The van der Waals surface area contributed by atoms with Gasteiger partial charge >= 0.3 is 0 Å². The van der Waals surface area contributed by atoms with Crippen molar-refractivity contribution in [2.75, 3.05) is 4.90 Å². The highest BCUT2D eigenvalue weighted by Crippen LogP contribution is 2.49. The molecule has 258 valence electrons. The minimum absolute atomic E-state index is 0.842. The summed E-state index contributed by atoms with van der Waals surface area (Å²) in [6.45, 7) is 0. The highest BCUT2D eigenvalue weighted by molar-refractivity contribution is 6.23. The van der Waals surface area contributed by atoms with Gasteiger partial charge in [-0.25, -0.2) is 0 Å². The zero-order valence-electron chi connectivity index (χ0n) is 29.8. The van der Waals surface area contributed by atoms with Gasteiger partial charge in [0.05, 0.1) is 11.4 Å². The van der Waals surface area contributed by atoms with E-state index in [-0.39, 0.29) is 0 Å². The van der Waals surface area contributed by atoms with Crippen LogP contribution in [0.15, 0.2) is 209 Å². The van der Waals surface area contributed by atoms with Gasteiger partial charge in [-0.3, -0.25) is 0 Å². The van der Waals surface area contributed by atoms with Gasteiger partial charge in [-0.1, -0.05) is 164 Å². The van der Waals surface area contributed by atoms with E-state index in [1.165, 1.54) is 11.1 Å². The summed E-state index contributed by atoms with van der Waals surface area (Å²) in [5, 5.41) is 6.47. The minimum atomic E-state index is 0.842. The molecule has 0 N–H and O–H groups in total. The predicted molar refractivity (Wildman–Crippen MR) is 229 cm³/mol. The maximum Gasteiger partial charge on any atom is 0.159 e. The highest BCUT2D eigenvalue weighted by atomic mass is 16.3. The van der Waals surface area contributed by atoms with Crippen molar-refractivity contribution in [3.05, 3.63) is 200 Å². The van der Waals surface area contributed by atoms with Gasteiger partial charge < -0.3 is 13.7 Å². The number of anilines is 3. The van der Waals surface area contributed by atoms with E-state index < -0.39 is 0 Å². The van der Waals surface area contributed by atoms with Crippen molar-refractivity contribution in [1.29, 1.82) is 0 Å². The first kappa shape index (κ1) is 31.2. The molecule has 2 aromatic heterocycles. The number of benzene rings is 9. The highest BCUT2D eigenvalue weighted by Gasteiger charge is 2.24. The molecule has 0 bridgehead atoms. The molecule has 3 heteroatoms. The largest absolute Gasteiger partial charge is 0.455 e. The number of fused-ring (bicyclic) bond motifs is 8. The van der Waals surface area contributed by atoms with Crippen LogP contribution in [-0.4, -0.2) is 0 Å². The molecule has 0 amide bonds. The molecule has 0 aliphatic carbocycles. The summed E-state index contributed by atoms with van der Waals surface area (Å²) >= 11 is 0. The maximum atomic E-state index is 6.82. The minimum Gasteiger partial charge on any atom is -0.455 e. The van der Waals surface area contributed by atoms with Crippen LogP contribution in [0.4, 0.5) is 17.1 Å². The predicted octanol–water partition coefficient (Wildman–Crippen LogP) is 15.1. The Labute approximate surface area is 317 Å². The van der Waals surface area contributed by atoms with Gasteiger partial charge in [0.1, 0.15) is 16.7 Å². The quantitative estimate of drug-likeness (QED) is 0.173. The second-order valence-corrected chi connectivity index (χ2v) is 14.0. The maximum absolute atomic E-state index is 6.82. The van der Waals surface area contributed by atoms with Crippen molar-refractivity contribution in [3.63, 3.8) is 0 Å². The Kier molecular flexibility index (Phi) is 7.17. The molecule has 11 aromatic rings. The lowest BCUT2D eigenvalue weighted by Gasteiger charge is -2.27. The van der Waals surface area contributed by atoms with Crippen molar-refractivity contribution in [1.82, 2.24) is 0 Å². The van der Waals surface area contributed by atoms with E-state index in [9.17, 15) is 0 Å². The molecule has 0 fully saturated rings. The molecule has 0 saturated carbocycles. The van der Waals surface area contributed by atoms with Crippen molar-refractivity contribution in [2.45, 2.75) is 0 Å². The van der Waals surface area contributed by atoms with E-state index in [0.29, 0.717) is 0 Å². The van der Waals surface area contributed by atoms with Crippen LogP contribution >= 0.6 is 0 Å². The van der Waals surface area contributed by atoms with Crippen LogP contribution in [0.5, 0.6) is 0 Å². The van der Waals surface area contributed by atoms with E-state index in [1.807, 2.05) is 12.1 Å². The molecule has 0 saturated heterocycles. The number of nitrogens with zero attached hydrogens (tertiary/aromatic N) is 1. The Hall–Kier alpha value is -7.36. The van der Waals surface area contributed by atoms with Gasteiger partial charge in [-0.15, -0.1) is 0 Å². The topological polar surface area (TPSA) is 29.5 Å². The number of hydrogen-bond acceptors (Lipinski definition) is 3. The molecule has 11 rings (SSSR count). The van der Waals surface area contributed by atoms with Crippen LogP contribution in [0.25, 0.3) is 88.0 Å². The zero-order chi connectivity index (χ0) is 36.3. The monoisotopic (exact) mass is 703 g/mol. The van der Waals surface area contributed by atoms with Crippen molar-refractivity contribution in [3.8, 4) is 33.4 Å². The first-order valence-corrected chi connectivity index (χ1v) is 18.7. The molecule has 2 heterocycles. The Morgan fingerprint density at radius 1 is 0.309 bits per heavy atom. The second kappa shape index (κ2) is 12.6. The van der Waals surface area contributed by atoms with Crippen LogP contribution in [-0.2, 0) is 0 Å². The third-order valence-electron chi connectivity index (χ3n) is 10.9. The van der Waals surface area contributed by atoms with Crippen LogP contribution < -0.4 is 4.90 Å². The van der Waals surface area contributed by atoms with E-state index >= 15 is 0 Å². The van der Waals surface area contributed by atoms with E-state index in [1.54, 1.807) is 0 Å². The van der Waals surface area contributed by atoms with Gasteiger partial charge in [-0.05, 0) is 69.8 Å². The summed E-state index contributed by atoms with van der Waals surface area (Å²) in [5.74, 6) is 0. The third-order valence-corrected chi connectivity index (χ3v) is 10.9. The van der Waals surface area contributed by atoms with Crippen LogP contribution in [0.2, 0.25) is 0 Å². The van der Waals surface area contributed by atoms with Crippen LogP contribution in [0, 0.1) is 0 Å². The van der Waals surface area contributed by atoms with Gasteiger partial charge in [-0.2, -0.15) is 0 Å². The first-order chi connectivity index (χ1) is 27.3. The Balaban J connectivity index is 1.19. The molecule has 3 nitrogen and oxygen atoms in total. The van der Waals surface area contributed by atoms with Gasteiger partial charge in [0, 0.05) is 38.0 Å². The average molecular weight is 704 g/mol. The average Bonchev–Trinajstić information content (AvgIpc) is 3.84. The molecule has 0 aliphatic heterocycles. The van der Waals surface area contributed by atoms with E-state index in [2.05, 4.69) is 193 Å².